The molecule has 1 amide bonds. The zero-order valence-electron chi connectivity index (χ0n) is 21.4. The predicted octanol–water partition coefficient (Wildman–Crippen LogP) is 5.77. The molecule has 0 N–H and O–H groups in total. The van der Waals surface area contributed by atoms with Gasteiger partial charge < -0.3 is 4.90 Å². The van der Waals surface area contributed by atoms with Gasteiger partial charge in [-0.2, -0.15) is 31.4 Å². The maximum Gasteiger partial charge on any atom is 0.413 e. The van der Waals surface area contributed by atoms with Crippen LogP contribution in [0.15, 0.2) is 48.8 Å². The first-order valence-electron chi connectivity index (χ1n) is 12.7. The molecular formula is C27H24F6N6O. The van der Waals surface area contributed by atoms with Crippen molar-refractivity contribution < 1.29 is 31.1 Å². The minimum Gasteiger partial charge on any atom is -0.330 e. The molecule has 7 nitrogen and oxygen atoms in total. The number of amides is 1. The van der Waals surface area contributed by atoms with Crippen LogP contribution in [0.4, 0.5) is 26.3 Å². The van der Waals surface area contributed by atoms with Crippen molar-refractivity contribution in [3.05, 3.63) is 82.8 Å². The number of carbonyl (C=O) groups is 1. The number of rotatable bonds is 6. The number of hydrogen-bond donors (Lipinski definition) is 0. The number of carbonyl (C=O) groups excluding carboxylic acids is 1. The number of hydrogen-bond acceptors (Lipinski definition) is 4. The Hall–Kier alpha value is -3.90. The molecule has 2 aliphatic rings. The van der Waals surface area contributed by atoms with Gasteiger partial charge in [0.15, 0.2) is 11.7 Å². The fourth-order valence-electron chi connectivity index (χ4n) is 5.89. The van der Waals surface area contributed by atoms with Gasteiger partial charge in [0.05, 0.1) is 16.8 Å². The summed E-state index contributed by atoms with van der Waals surface area (Å²) >= 11 is 0. The first kappa shape index (κ1) is 26.3. The monoisotopic (exact) mass is 562 g/mol. The number of alkyl halides is 5. The van der Waals surface area contributed by atoms with Gasteiger partial charge in [0.2, 0.25) is 11.9 Å². The lowest BCUT2D eigenvalue weighted by atomic mass is 9.81. The van der Waals surface area contributed by atoms with Crippen molar-refractivity contribution in [2.24, 2.45) is 5.92 Å². The van der Waals surface area contributed by atoms with Crippen molar-refractivity contribution in [2.75, 3.05) is 7.05 Å². The van der Waals surface area contributed by atoms with Crippen LogP contribution in [0, 0.1) is 11.9 Å². The molecule has 3 heterocycles. The first-order chi connectivity index (χ1) is 18.9. The van der Waals surface area contributed by atoms with E-state index in [2.05, 4.69) is 15.2 Å². The Labute approximate surface area is 224 Å². The molecule has 4 aromatic rings. The number of aromatic nitrogens is 5. The van der Waals surface area contributed by atoms with Gasteiger partial charge in [-0.25, -0.2) is 14.2 Å². The fraction of sp³-hybridized carbons (Fsp3) is 0.407. The number of halogens is 6. The number of nitrogens with zero attached hydrogens (tertiary/aromatic N) is 6. The van der Waals surface area contributed by atoms with Gasteiger partial charge in [0, 0.05) is 42.9 Å². The predicted molar refractivity (Wildman–Crippen MR) is 130 cm³/mol. The van der Waals surface area contributed by atoms with E-state index in [9.17, 15) is 31.1 Å². The fourth-order valence-corrected chi connectivity index (χ4v) is 5.89. The lowest BCUT2D eigenvalue weighted by Crippen LogP contribution is -2.40. The van der Waals surface area contributed by atoms with Crippen LogP contribution in [0.2, 0.25) is 0 Å². The zero-order chi connectivity index (χ0) is 28.6. The Morgan fingerprint density at radius 3 is 2.42 bits per heavy atom. The Morgan fingerprint density at radius 2 is 1.82 bits per heavy atom. The average molecular weight is 563 g/mol. The second-order valence-electron chi connectivity index (χ2n) is 10.7. The maximum atomic E-state index is 14.2. The topological polar surface area (TPSA) is 68.3 Å². The van der Waals surface area contributed by atoms with Gasteiger partial charge in [0.25, 0.3) is 0 Å². The molecular weight excluding hydrogens is 538 g/mol. The van der Waals surface area contributed by atoms with E-state index in [0.29, 0.717) is 46.5 Å². The largest absolute Gasteiger partial charge is 0.413 e. The third-order valence-corrected chi connectivity index (χ3v) is 7.99. The molecule has 2 aliphatic carbocycles. The minimum atomic E-state index is -4.68. The van der Waals surface area contributed by atoms with Crippen LogP contribution in [0.3, 0.4) is 0 Å². The van der Waals surface area contributed by atoms with E-state index >= 15 is 0 Å². The summed E-state index contributed by atoms with van der Waals surface area (Å²) in [6.45, 7) is -1.07. The van der Waals surface area contributed by atoms with Gasteiger partial charge in [-0.1, -0.05) is 24.3 Å². The standard InChI is InChI=1S/C27H24F6N6O/c1-26(19-9-10-38(35-19)25(29)30)12-17(18-13-34-21-11-20(28)36-39(21)23(18)26)14-3-5-15(6-4-14)22(27(31,32)33)37(2)24(40)16-7-8-16/h3-6,9-11,13,16-17,22,25H,7-8,12H2,1-2H3/t17-,22+,26+/m0/s1. The quantitative estimate of drug-likeness (QED) is 0.280. The minimum absolute atomic E-state index is 0.0767. The molecule has 0 radical (unpaired) electrons. The van der Waals surface area contributed by atoms with E-state index in [1.807, 2.05) is 0 Å². The van der Waals surface area contributed by atoms with Crippen LogP contribution >= 0.6 is 0 Å². The highest BCUT2D eigenvalue weighted by atomic mass is 19.4. The van der Waals surface area contributed by atoms with Gasteiger partial charge in [-0.15, -0.1) is 5.10 Å². The molecule has 1 saturated carbocycles. The van der Waals surface area contributed by atoms with Crippen LogP contribution in [-0.4, -0.2) is 48.4 Å². The highest BCUT2D eigenvalue weighted by Gasteiger charge is 2.49. The smallest absolute Gasteiger partial charge is 0.330 e. The van der Waals surface area contributed by atoms with E-state index in [1.54, 1.807) is 25.3 Å². The van der Waals surface area contributed by atoms with Crippen molar-refractivity contribution in [3.8, 4) is 0 Å². The second-order valence-corrected chi connectivity index (χ2v) is 10.7. The van der Waals surface area contributed by atoms with Crippen LogP contribution in [0.1, 0.15) is 72.8 Å². The summed E-state index contributed by atoms with van der Waals surface area (Å²) in [5, 5.41) is 8.01. The first-order valence-corrected chi connectivity index (χ1v) is 12.7. The maximum absolute atomic E-state index is 14.2. The van der Waals surface area contributed by atoms with Gasteiger partial charge in [-0.05, 0) is 43.4 Å². The molecule has 3 atom stereocenters. The molecule has 1 fully saturated rings. The molecule has 3 aromatic heterocycles. The van der Waals surface area contributed by atoms with E-state index in [1.165, 1.54) is 29.8 Å². The van der Waals surface area contributed by atoms with E-state index in [4.69, 9.17) is 0 Å². The van der Waals surface area contributed by atoms with Crippen molar-refractivity contribution in [3.63, 3.8) is 0 Å². The third kappa shape index (κ3) is 4.22. The van der Waals surface area contributed by atoms with Crippen molar-refractivity contribution in [2.45, 2.75) is 56.3 Å². The highest BCUT2D eigenvalue weighted by Crippen LogP contribution is 2.52. The summed E-state index contributed by atoms with van der Waals surface area (Å²) in [5.41, 5.74) is 1.25. The molecule has 0 saturated heterocycles. The van der Waals surface area contributed by atoms with E-state index < -0.39 is 42.0 Å². The van der Waals surface area contributed by atoms with Crippen LogP contribution in [0.25, 0.3) is 5.65 Å². The average Bonchev–Trinajstić information content (AvgIpc) is 3.34. The lowest BCUT2D eigenvalue weighted by Gasteiger charge is -2.30. The normalized spacial score (nSPS) is 21.7. The Morgan fingerprint density at radius 1 is 1.12 bits per heavy atom. The van der Waals surface area contributed by atoms with E-state index in [-0.39, 0.29) is 17.1 Å². The Kier molecular flexibility index (Phi) is 5.97. The molecule has 1 aromatic carbocycles. The summed E-state index contributed by atoms with van der Waals surface area (Å²) in [5.74, 6) is -2.09. The number of benzene rings is 1. The molecule has 6 rings (SSSR count). The second kappa shape index (κ2) is 9.07. The van der Waals surface area contributed by atoms with Crippen LogP contribution < -0.4 is 0 Å². The van der Waals surface area contributed by atoms with E-state index in [0.717, 1.165) is 17.2 Å². The Bertz CT molecular complexity index is 1590. The van der Waals surface area contributed by atoms with Crippen molar-refractivity contribution in [1.82, 2.24) is 29.3 Å². The Balaban J connectivity index is 1.41. The zero-order valence-corrected chi connectivity index (χ0v) is 21.4. The summed E-state index contributed by atoms with van der Waals surface area (Å²) in [6, 6.07) is 6.35. The molecule has 0 bridgehead atoms. The van der Waals surface area contributed by atoms with Crippen molar-refractivity contribution >= 4 is 11.6 Å². The molecule has 0 spiro atoms. The summed E-state index contributed by atoms with van der Waals surface area (Å²) < 4.78 is 85.0. The molecule has 40 heavy (non-hydrogen) atoms. The van der Waals surface area contributed by atoms with Crippen LogP contribution in [-0.2, 0) is 10.2 Å². The van der Waals surface area contributed by atoms with Crippen LogP contribution in [0.5, 0.6) is 0 Å². The number of fused-ring (bicyclic) bond motifs is 3. The molecule has 0 aliphatic heterocycles. The molecule has 0 unspecified atom stereocenters. The summed E-state index contributed by atoms with van der Waals surface area (Å²) in [6.07, 6.45) is -0.491. The highest BCUT2D eigenvalue weighted by molar-refractivity contribution is 5.81. The molecule has 210 valence electrons. The summed E-state index contributed by atoms with van der Waals surface area (Å²) in [4.78, 5) is 17.5. The third-order valence-electron chi connectivity index (χ3n) is 7.99. The molecule has 13 heteroatoms. The van der Waals surface area contributed by atoms with Gasteiger partial charge in [0.1, 0.15) is 0 Å². The van der Waals surface area contributed by atoms with Gasteiger partial charge >= 0.3 is 12.7 Å². The van der Waals surface area contributed by atoms with Crippen molar-refractivity contribution in [1.29, 1.82) is 0 Å². The lowest BCUT2D eigenvalue weighted by molar-refractivity contribution is -0.189. The van der Waals surface area contributed by atoms with Gasteiger partial charge in [-0.3, -0.25) is 4.79 Å². The SMILES string of the molecule is CN(C(=O)C1CC1)[C@H](c1ccc([C@@H]2C[C@](C)(c3ccn(C(F)F)n3)c3c2cnc2cc(F)nn32)cc1)C(F)(F)F. The summed E-state index contributed by atoms with van der Waals surface area (Å²) in [7, 11) is 1.17.